The molecule has 0 aliphatic rings. The minimum absolute atomic E-state index is 0.0882. The lowest BCUT2D eigenvalue weighted by atomic mass is 10.1. The van der Waals surface area contributed by atoms with Crippen molar-refractivity contribution in [2.45, 2.75) is 64.9 Å². The molecule has 0 aliphatic heterocycles. The highest BCUT2D eigenvalue weighted by molar-refractivity contribution is 6.14. The molecule has 0 amide bonds. The first-order chi connectivity index (χ1) is 12.6. The maximum atomic E-state index is 12.3. The molecular formula is C21H31NO4. The molecule has 26 heavy (non-hydrogen) atoms. The van der Waals surface area contributed by atoms with Gasteiger partial charge in [0, 0.05) is 5.70 Å². The molecule has 0 aromatic heterocycles. The summed E-state index contributed by atoms with van der Waals surface area (Å²) in [5.41, 5.74) is 6.90. The second-order valence-corrected chi connectivity index (χ2v) is 6.32. The Labute approximate surface area is 156 Å². The monoisotopic (exact) mass is 361 g/mol. The number of ether oxygens (including phenoxy) is 2. The van der Waals surface area contributed by atoms with Crippen molar-refractivity contribution in [2.75, 3.05) is 7.11 Å². The first-order valence-corrected chi connectivity index (χ1v) is 9.38. The Morgan fingerprint density at radius 2 is 1.54 bits per heavy atom. The zero-order valence-electron chi connectivity index (χ0n) is 16.0. The van der Waals surface area contributed by atoms with E-state index < -0.39 is 11.9 Å². The van der Waals surface area contributed by atoms with Crippen LogP contribution in [0.5, 0.6) is 0 Å². The Kier molecular flexibility index (Phi) is 10.9. The summed E-state index contributed by atoms with van der Waals surface area (Å²) in [4.78, 5) is 24.3. The molecule has 0 heterocycles. The average Bonchev–Trinajstić information content (AvgIpc) is 2.66. The standard InChI is InChI=1S/C21H31NO4/c1-3-4-5-6-7-8-12-15-18(22)19(20(23)25-2)21(24)26-16-17-13-10-9-11-14-17/h9-11,13-14H,3-8,12,15-16,22H2,1-2H3. The van der Waals surface area contributed by atoms with Crippen molar-refractivity contribution in [1.29, 1.82) is 0 Å². The third-order valence-corrected chi connectivity index (χ3v) is 4.18. The second-order valence-electron chi connectivity index (χ2n) is 6.32. The minimum Gasteiger partial charge on any atom is -0.465 e. The SMILES string of the molecule is CCCCCCCCCC(N)=C(C(=O)OC)C(=O)OCc1ccccc1. The molecular weight excluding hydrogens is 330 g/mol. The summed E-state index contributed by atoms with van der Waals surface area (Å²) in [6.07, 6.45) is 8.44. The largest absolute Gasteiger partial charge is 0.465 e. The molecule has 1 aromatic rings. The van der Waals surface area contributed by atoms with Gasteiger partial charge in [-0.1, -0.05) is 75.8 Å². The number of nitrogens with two attached hydrogens (primary N) is 1. The lowest BCUT2D eigenvalue weighted by Crippen LogP contribution is -2.22. The molecule has 0 radical (unpaired) electrons. The predicted molar refractivity (Wildman–Crippen MR) is 102 cm³/mol. The summed E-state index contributed by atoms with van der Waals surface area (Å²) in [6.45, 7) is 2.28. The minimum atomic E-state index is -0.747. The number of carbonyl (C=O) groups excluding carboxylic acids is 2. The molecule has 1 aromatic carbocycles. The highest BCUT2D eigenvalue weighted by atomic mass is 16.5. The third kappa shape index (κ3) is 8.19. The van der Waals surface area contributed by atoms with E-state index in [1.165, 1.54) is 32.8 Å². The van der Waals surface area contributed by atoms with Gasteiger partial charge in [-0.15, -0.1) is 0 Å². The van der Waals surface area contributed by atoms with Crippen LogP contribution in [0.1, 0.15) is 63.9 Å². The molecule has 5 heteroatoms. The van der Waals surface area contributed by atoms with E-state index in [0.717, 1.165) is 24.8 Å². The van der Waals surface area contributed by atoms with Gasteiger partial charge < -0.3 is 15.2 Å². The summed E-state index contributed by atoms with van der Waals surface area (Å²) in [5, 5.41) is 0. The number of hydrogen-bond acceptors (Lipinski definition) is 5. The Hall–Kier alpha value is -2.30. The molecule has 0 saturated heterocycles. The van der Waals surface area contributed by atoms with Crippen molar-refractivity contribution < 1.29 is 19.1 Å². The van der Waals surface area contributed by atoms with Gasteiger partial charge in [-0.25, -0.2) is 9.59 Å². The number of rotatable bonds is 12. The van der Waals surface area contributed by atoms with Gasteiger partial charge in [-0.3, -0.25) is 0 Å². The van der Waals surface area contributed by atoms with Crippen molar-refractivity contribution in [3.8, 4) is 0 Å². The van der Waals surface area contributed by atoms with Crippen LogP contribution in [0.3, 0.4) is 0 Å². The fourth-order valence-corrected chi connectivity index (χ4v) is 2.64. The van der Waals surface area contributed by atoms with Crippen molar-refractivity contribution in [2.24, 2.45) is 5.73 Å². The van der Waals surface area contributed by atoms with E-state index in [1.807, 2.05) is 30.3 Å². The molecule has 144 valence electrons. The molecule has 1 rings (SSSR count). The van der Waals surface area contributed by atoms with Crippen LogP contribution in [0.15, 0.2) is 41.6 Å². The summed E-state index contributed by atoms with van der Waals surface area (Å²) in [6, 6.07) is 9.28. The number of benzene rings is 1. The van der Waals surface area contributed by atoms with Crippen LogP contribution in [-0.2, 0) is 25.7 Å². The second kappa shape index (κ2) is 13.0. The van der Waals surface area contributed by atoms with Crippen LogP contribution in [0.2, 0.25) is 0 Å². The molecule has 0 spiro atoms. The van der Waals surface area contributed by atoms with Gasteiger partial charge in [0.1, 0.15) is 6.61 Å². The molecule has 0 aliphatic carbocycles. The van der Waals surface area contributed by atoms with E-state index in [1.54, 1.807) is 0 Å². The van der Waals surface area contributed by atoms with E-state index in [2.05, 4.69) is 6.92 Å². The van der Waals surface area contributed by atoms with Gasteiger partial charge in [-0.2, -0.15) is 0 Å². The Morgan fingerprint density at radius 3 is 2.15 bits per heavy atom. The van der Waals surface area contributed by atoms with Crippen LogP contribution in [-0.4, -0.2) is 19.0 Å². The zero-order chi connectivity index (χ0) is 19.2. The molecule has 0 atom stereocenters. The lowest BCUT2D eigenvalue weighted by Gasteiger charge is -2.10. The normalized spacial score (nSPS) is 11.6. The van der Waals surface area contributed by atoms with Gasteiger partial charge in [0.25, 0.3) is 0 Å². The Morgan fingerprint density at radius 1 is 0.923 bits per heavy atom. The van der Waals surface area contributed by atoms with Crippen molar-refractivity contribution in [1.82, 2.24) is 0 Å². The maximum absolute atomic E-state index is 12.3. The lowest BCUT2D eigenvalue weighted by molar-refractivity contribution is -0.146. The van der Waals surface area contributed by atoms with Gasteiger partial charge in [0.15, 0.2) is 5.57 Å². The van der Waals surface area contributed by atoms with Gasteiger partial charge >= 0.3 is 11.9 Å². The first-order valence-electron chi connectivity index (χ1n) is 9.38. The summed E-state index contributed by atoms with van der Waals surface area (Å²) in [7, 11) is 1.23. The van der Waals surface area contributed by atoms with Gasteiger partial charge in [0.2, 0.25) is 0 Å². The Bertz CT molecular complexity index is 581. The van der Waals surface area contributed by atoms with Crippen LogP contribution in [0.4, 0.5) is 0 Å². The summed E-state index contributed by atoms with van der Waals surface area (Å²) < 4.78 is 9.93. The van der Waals surface area contributed by atoms with Crippen molar-refractivity contribution >= 4 is 11.9 Å². The fourth-order valence-electron chi connectivity index (χ4n) is 2.64. The van der Waals surface area contributed by atoms with Gasteiger partial charge in [-0.05, 0) is 18.4 Å². The van der Waals surface area contributed by atoms with Crippen molar-refractivity contribution in [3.05, 3.63) is 47.2 Å². The van der Waals surface area contributed by atoms with Crippen molar-refractivity contribution in [3.63, 3.8) is 0 Å². The third-order valence-electron chi connectivity index (χ3n) is 4.18. The van der Waals surface area contributed by atoms with E-state index >= 15 is 0 Å². The molecule has 0 saturated carbocycles. The van der Waals surface area contributed by atoms with E-state index in [4.69, 9.17) is 15.2 Å². The summed E-state index contributed by atoms with van der Waals surface area (Å²) >= 11 is 0. The van der Waals surface area contributed by atoms with Crippen LogP contribution in [0, 0.1) is 0 Å². The van der Waals surface area contributed by atoms with Crippen LogP contribution >= 0.6 is 0 Å². The Balaban J connectivity index is 2.55. The molecule has 0 unspecified atom stereocenters. The smallest absolute Gasteiger partial charge is 0.347 e. The number of allylic oxidation sites excluding steroid dienone is 1. The molecule has 0 bridgehead atoms. The summed E-state index contributed by atoms with van der Waals surface area (Å²) in [5.74, 6) is -1.48. The van der Waals surface area contributed by atoms with E-state index in [9.17, 15) is 9.59 Å². The first kappa shape index (κ1) is 21.7. The number of unbranched alkanes of at least 4 members (excludes halogenated alkanes) is 6. The molecule has 0 fully saturated rings. The van der Waals surface area contributed by atoms with E-state index in [0.29, 0.717) is 6.42 Å². The number of methoxy groups -OCH3 is 1. The maximum Gasteiger partial charge on any atom is 0.347 e. The zero-order valence-corrected chi connectivity index (χ0v) is 16.0. The highest BCUT2D eigenvalue weighted by Crippen LogP contribution is 2.15. The topological polar surface area (TPSA) is 78.6 Å². The number of hydrogen-bond donors (Lipinski definition) is 1. The number of esters is 2. The van der Waals surface area contributed by atoms with Crippen LogP contribution in [0.25, 0.3) is 0 Å². The molecule has 2 N–H and O–H groups in total. The molecule has 5 nitrogen and oxygen atoms in total. The van der Waals surface area contributed by atoms with E-state index in [-0.39, 0.29) is 17.9 Å². The highest BCUT2D eigenvalue weighted by Gasteiger charge is 2.24. The van der Waals surface area contributed by atoms with Gasteiger partial charge in [0.05, 0.1) is 7.11 Å². The number of carbonyl (C=O) groups is 2. The predicted octanol–water partition coefficient (Wildman–Crippen LogP) is 4.26. The average molecular weight is 361 g/mol. The fraction of sp³-hybridized carbons (Fsp3) is 0.524. The van der Waals surface area contributed by atoms with Crippen LogP contribution < -0.4 is 5.73 Å². The quantitative estimate of drug-likeness (QED) is 0.198.